The maximum Gasteiger partial charge on any atom is 0.330 e. The van der Waals surface area contributed by atoms with Crippen LogP contribution in [0.5, 0.6) is 11.5 Å². The summed E-state index contributed by atoms with van der Waals surface area (Å²) in [6.45, 7) is 17.5. The van der Waals surface area contributed by atoms with Crippen molar-refractivity contribution in [1.29, 1.82) is 0 Å². The van der Waals surface area contributed by atoms with Crippen LogP contribution in [-0.2, 0) is 24.3 Å². The van der Waals surface area contributed by atoms with E-state index in [1.54, 1.807) is 21.3 Å². The van der Waals surface area contributed by atoms with E-state index in [2.05, 4.69) is 69.7 Å². The molecular formula is C43H59N4O8P. The summed E-state index contributed by atoms with van der Waals surface area (Å²) < 4.78 is 45.2. The van der Waals surface area contributed by atoms with Crippen LogP contribution < -0.4 is 20.7 Å². The number of rotatable bonds is 18. The highest BCUT2D eigenvalue weighted by molar-refractivity contribution is 7.47. The summed E-state index contributed by atoms with van der Waals surface area (Å²) in [6, 6.07) is 27.6. The Kier molecular flexibility index (Phi) is 14.7. The highest BCUT2D eigenvalue weighted by Crippen LogP contribution is 2.54. The molecule has 1 aliphatic rings. The fourth-order valence-electron chi connectivity index (χ4n) is 7.67. The summed E-state index contributed by atoms with van der Waals surface area (Å²) in [6.07, 6.45) is -1.71. The fraction of sp³-hybridized carbons (Fsp3) is 0.488. The molecule has 1 fully saturated rings. The number of benzene rings is 3. The first-order valence-electron chi connectivity index (χ1n) is 19.3. The molecule has 0 unspecified atom stereocenters. The first kappa shape index (κ1) is 43.3. The van der Waals surface area contributed by atoms with E-state index in [1.165, 1.54) is 16.8 Å². The van der Waals surface area contributed by atoms with Crippen LogP contribution in [0.1, 0.15) is 78.3 Å². The minimum Gasteiger partial charge on any atom is -0.497 e. The van der Waals surface area contributed by atoms with Crippen molar-refractivity contribution < 1.29 is 28.2 Å². The maximum atomic E-state index is 13.3. The van der Waals surface area contributed by atoms with Crippen LogP contribution in [0.2, 0.25) is 0 Å². The Morgan fingerprint density at radius 1 is 0.696 bits per heavy atom. The number of ether oxygens (including phenoxy) is 5. The molecule has 0 amide bonds. The van der Waals surface area contributed by atoms with Gasteiger partial charge in [-0.1, -0.05) is 54.6 Å². The van der Waals surface area contributed by atoms with Gasteiger partial charge in [0.25, 0.3) is 5.56 Å². The molecule has 2 heterocycles. The normalized spacial score (nSPS) is 19.0. The molecule has 1 N–H and O–H groups in total. The Balaban J connectivity index is 1.69. The number of H-pyrrole nitrogens is 1. The van der Waals surface area contributed by atoms with Gasteiger partial charge in [-0.05, 0) is 96.3 Å². The van der Waals surface area contributed by atoms with Gasteiger partial charge < -0.3 is 28.2 Å². The predicted molar refractivity (Wildman–Crippen MR) is 220 cm³/mol. The van der Waals surface area contributed by atoms with E-state index in [0.717, 1.165) is 16.7 Å². The van der Waals surface area contributed by atoms with Crippen molar-refractivity contribution >= 4 is 8.45 Å². The average molecular weight is 791 g/mol. The molecule has 56 heavy (non-hydrogen) atoms. The van der Waals surface area contributed by atoms with Crippen LogP contribution in [0, 0.1) is 0 Å². The predicted octanol–water partition coefficient (Wildman–Crippen LogP) is 7.32. The molecule has 1 aromatic heterocycles. The SMILES string of the molecule is COc1ccc(C(OC[C@H]2O[C@@H](n3ccc(=O)[nH]c3=O)[C@H](OC)[C@@H]2OP(N(C(C)C)C(C)C)N(C(C)C)C(C)C)(c2ccccc2)c2ccc(OC)cc2)cc1. The Morgan fingerprint density at radius 3 is 1.61 bits per heavy atom. The van der Waals surface area contributed by atoms with Crippen molar-refractivity contribution in [2.24, 2.45) is 0 Å². The smallest absolute Gasteiger partial charge is 0.330 e. The van der Waals surface area contributed by atoms with E-state index < -0.39 is 49.8 Å². The molecule has 4 atom stereocenters. The number of hydrogen-bond acceptors (Lipinski definition) is 10. The Bertz CT molecular complexity index is 1850. The van der Waals surface area contributed by atoms with Crippen molar-refractivity contribution in [1.82, 2.24) is 18.9 Å². The van der Waals surface area contributed by atoms with Crippen LogP contribution in [0.3, 0.4) is 0 Å². The van der Waals surface area contributed by atoms with Gasteiger partial charge in [-0.15, -0.1) is 0 Å². The molecule has 3 aromatic carbocycles. The molecule has 12 nitrogen and oxygen atoms in total. The minimum absolute atomic E-state index is 0.0297. The Hall–Kier alpha value is -3.87. The zero-order valence-electron chi connectivity index (χ0n) is 34.5. The molecule has 5 rings (SSSR count). The zero-order valence-corrected chi connectivity index (χ0v) is 35.4. The van der Waals surface area contributed by atoms with Gasteiger partial charge in [0.1, 0.15) is 35.4 Å². The number of methoxy groups -OCH3 is 3. The summed E-state index contributed by atoms with van der Waals surface area (Å²) in [5.41, 5.74) is 0.356. The molecular weight excluding hydrogens is 731 g/mol. The van der Waals surface area contributed by atoms with Gasteiger partial charge in [-0.2, -0.15) is 0 Å². The van der Waals surface area contributed by atoms with Crippen LogP contribution in [0.15, 0.2) is 101 Å². The van der Waals surface area contributed by atoms with Crippen molar-refractivity contribution in [2.75, 3.05) is 27.9 Å². The standard InChI is InChI=1S/C43H59N4O8P/c1-28(2)46(29(3)4)56(47(30(5)6)31(7)8)55-39-37(54-41(40(39)52-11)45-26-25-38(48)44-42(45)49)27-53-43(32-15-13-12-14-16-32,33-17-21-35(50-9)22-18-33)34-19-23-36(51-10)24-20-34/h12-26,28-31,37,39-41H,27H2,1-11H3,(H,44,48,49)/t37-,39-,40-,41-/m1/s1. The second-order valence-electron chi connectivity index (χ2n) is 15.1. The zero-order chi connectivity index (χ0) is 40.7. The van der Waals surface area contributed by atoms with Gasteiger partial charge in [0.15, 0.2) is 14.7 Å². The van der Waals surface area contributed by atoms with Crippen LogP contribution >= 0.6 is 8.45 Å². The maximum absolute atomic E-state index is 13.3. The van der Waals surface area contributed by atoms with Crippen molar-refractivity contribution in [3.05, 3.63) is 129 Å². The monoisotopic (exact) mass is 790 g/mol. The molecule has 0 saturated carbocycles. The second-order valence-corrected chi connectivity index (χ2v) is 16.7. The van der Waals surface area contributed by atoms with E-state index in [0.29, 0.717) is 11.5 Å². The van der Waals surface area contributed by atoms with E-state index in [1.807, 2.05) is 78.9 Å². The van der Waals surface area contributed by atoms with Gasteiger partial charge in [0, 0.05) is 43.5 Å². The molecule has 0 bridgehead atoms. The molecule has 0 aliphatic carbocycles. The third-order valence-corrected chi connectivity index (χ3v) is 13.1. The molecule has 4 aromatic rings. The largest absolute Gasteiger partial charge is 0.497 e. The molecule has 0 radical (unpaired) electrons. The minimum atomic E-state index is -1.42. The van der Waals surface area contributed by atoms with E-state index in [-0.39, 0.29) is 30.8 Å². The number of nitrogens with zero attached hydrogens (tertiary/aromatic N) is 3. The molecule has 1 saturated heterocycles. The third-order valence-electron chi connectivity index (χ3n) is 10.0. The van der Waals surface area contributed by atoms with E-state index in [4.69, 9.17) is 28.2 Å². The van der Waals surface area contributed by atoms with Crippen molar-refractivity contribution in [3.8, 4) is 11.5 Å². The quantitative estimate of drug-likeness (QED) is 0.0812. The summed E-state index contributed by atoms with van der Waals surface area (Å²) in [7, 11) is 3.45. The summed E-state index contributed by atoms with van der Waals surface area (Å²) in [5.74, 6) is 1.42. The summed E-state index contributed by atoms with van der Waals surface area (Å²) >= 11 is 0. The average Bonchev–Trinajstić information content (AvgIpc) is 3.51. The number of aromatic nitrogens is 2. The first-order chi connectivity index (χ1) is 26.8. The lowest BCUT2D eigenvalue weighted by Gasteiger charge is -2.47. The summed E-state index contributed by atoms with van der Waals surface area (Å²) in [4.78, 5) is 27.9. The number of hydrogen-bond donors (Lipinski definition) is 1. The number of aromatic amines is 1. The lowest BCUT2D eigenvalue weighted by atomic mass is 9.80. The van der Waals surface area contributed by atoms with Gasteiger partial charge >= 0.3 is 5.69 Å². The van der Waals surface area contributed by atoms with Crippen LogP contribution in [0.25, 0.3) is 0 Å². The Morgan fingerprint density at radius 2 is 1.18 bits per heavy atom. The number of nitrogens with one attached hydrogen (secondary N) is 1. The first-order valence-corrected chi connectivity index (χ1v) is 20.4. The van der Waals surface area contributed by atoms with Gasteiger partial charge in [-0.3, -0.25) is 14.3 Å². The van der Waals surface area contributed by atoms with E-state index in [9.17, 15) is 9.59 Å². The second kappa shape index (κ2) is 19.0. The fourth-order valence-corrected chi connectivity index (χ4v) is 10.2. The van der Waals surface area contributed by atoms with Crippen LogP contribution in [0.4, 0.5) is 0 Å². The third kappa shape index (κ3) is 9.13. The highest BCUT2D eigenvalue weighted by Gasteiger charge is 2.52. The van der Waals surface area contributed by atoms with Gasteiger partial charge in [0.2, 0.25) is 0 Å². The molecule has 1 aliphatic heterocycles. The Labute approximate surface area is 332 Å². The molecule has 13 heteroatoms. The molecule has 0 spiro atoms. The van der Waals surface area contributed by atoms with Crippen molar-refractivity contribution in [3.63, 3.8) is 0 Å². The summed E-state index contributed by atoms with van der Waals surface area (Å²) in [5, 5.41) is 0. The lowest BCUT2D eigenvalue weighted by Crippen LogP contribution is -2.47. The van der Waals surface area contributed by atoms with Gasteiger partial charge in [0.05, 0.1) is 20.8 Å². The molecule has 304 valence electrons. The highest BCUT2D eigenvalue weighted by atomic mass is 31.2. The lowest BCUT2D eigenvalue weighted by molar-refractivity contribution is -0.0956. The topological polar surface area (TPSA) is 117 Å². The van der Waals surface area contributed by atoms with E-state index >= 15 is 0 Å². The van der Waals surface area contributed by atoms with Crippen molar-refractivity contribution in [2.45, 2.75) is 110 Å². The van der Waals surface area contributed by atoms with Gasteiger partial charge in [-0.25, -0.2) is 14.1 Å². The van der Waals surface area contributed by atoms with Crippen LogP contribution in [-0.4, -0.2) is 89.3 Å².